The molecule has 2 heterocycles. The Morgan fingerprint density at radius 3 is 3.07 bits per heavy atom. The van der Waals surface area contributed by atoms with E-state index >= 15 is 0 Å². The predicted molar refractivity (Wildman–Crippen MR) is 55.4 cm³/mol. The van der Waals surface area contributed by atoms with Gasteiger partial charge in [-0.15, -0.1) is 0 Å². The number of rotatable bonds is 3. The van der Waals surface area contributed by atoms with Crippen molar-refractivity contribution in [2.45, 2.75) is 38.4 Å². The lowest BCUT2D eigenvalue weighted by Gasteiger charge is -2.30. The highest BCUT2D eigenvalue weighted by Gasteiger charge is 2.24. The van der Waals surface area contributed by atoms with Gasteiger partial charge in [-0.1, -0.05) is 6.92 Å². The average molecular weight is 199 g/mol. The van der Waals surface area contributed by atoms with E-state index in [2.05, 4.69) is 12.2 Å². The van der Waals surface area contributed by atoms with Gasteiger partial charge in [0.1, 0.15) is 0 Å². The Morgan fingerprint density at radius 1 is 1.43 bits per heavy atom. The second kappa shape index (κ2) is 5.10. The van der Waals surface area contributed by atoms with Gasteiger partial charge in [0.05, 0.1) is 18.8 Å². The summed E-state index contributed by atoms with van der Waals surface area (Å²) in [5.74, 6) is 0.692. The molecule has 0 aliphatic carbocycles. The van der Waals surface area contributed by atoms with E-state index in [1.807, 2.05) is 0 Å². The van der Waals surface area contributed by atoms with Crippen LogP contribution in [0.15, 0.2) is 0 Å². The lowest BCUT2D eigenvalue weighted by Crippen LogP contribution is -2.42. The zero-order valence-electron chi connectivity index (χ0n) is 9.00. The quantitative estimate of drug-likeness (QED) is 0.740. The van der Waals surface area contributed by atoms with Gasteiger partial charge < -0.3 is 14.8 Å². The second-order valence-electron chi connectivity index (χ2n) is 4.48. The summed E-state index contributed by atoms with van der Waals surface area (Å²) in [5.41, 5.74) is 0. The van der Waals surface area contributed by atoms with E-state index in [9.17, 15) is 0 Å². The van der Waals surface area contributed by atoms with Crippen molar-refractivity contribution in [3.63, 3.8) is 0 Å². The SMILES string of the molecule is CC1CCNCC1OCC1CCCO1. The van der Waals surface area contributed by atoms with E-state index in [1.165, 1.54) is 19.3 Å². The lowest BCUT2D eigenvalue weighted by molar-refractivity contribution is -0.0462. The minimum Gasteiger partial charge on any atom is -0.376 e. The van der Waals surface area contributed by atoms with Gasteiger partial charge in [-0.05, 0) is 31.7 Å². The average Bonchev–Trinajstić information content (AvgIpc) is 2.69. The number of ether oxygens (including phenoxy) is 2. The van der Waals surface area contributed by atoms with Crippen molar-refractivity contribution >= 4 is 0 Å². The van der Waals surface area contributed by atoms with E-state index < -0.39 is 0 Å². The molecule has 3 heteroatoms. The minimum atomic E-state index is 0.365. The van der Waals surface area contributed by atoms with Crippen LogP contribution >= 0.6 is 0 Å². The molecular formula is C11H21NO2. The third kappa shape index (κ3) is 2.69. The molecule has 2 aliphatic heterocycles. The first-order valence-corrected chi connectivity index (χ1v) is 5.80. The molecular weight excluding hydrogens is 178 g/mol. The summed E-state index contributed by atoms with van der Waals surface area (Å²) in [5, 5.41) is 3.37. The van der Waals surface area contributed by atoms with Crippen LogP contribution in [0.3, 0.4) is 0 Å². The van der Waals surface area contributed by atoms with Gasteiger partial charge in [-0.25, -0.2) is 0 Å². The molecule has 2 fully saturated rings. The van der Waals surface area contributed by atoms with Crippen LogP contribution in [-0.2, 0) is 9.47 Å². The van der Waals surface area contributed by atoms with Crippen LogP contribution < -0.4 is 5.32 Å². The van der Waals surface area contributed by atoms with E-state index in [-0.39, 0.29) is 0 Å². The van der Waals surface area contributed by atoms with E-state index in [0.717, 1.165) is 26.3 Å². The molecule has 0 aromatic heterocycles. The molecule has 3 nitrogen and oxygen atoms in total. The molecule has 3 unspecified atom stereocenters. The van der Waals surface area contributed by atoms with Crippen LogP contribution in [0.4, 0.5) is 0 Å². The lowest BCUT2D eigenvalue weighted by atomic mass is 9.97. The Balaban J connectivity index is 1.67. The molecule has 2 aliphatic rings. The Labute approximate surface area is 86.2 Å². The van der Waals surface area contributed by atoms with Crippen LogP contribution in [0.1, 0.15) is 26.2 Å². The summed E-state index contributed by atoms with van der Waals surface area (Å²) in [6.07, 6.45) is 4.37. The number of piperidine rings is 1. The Morgan fingerprint density at radius 2 is 2.36 bits per heavy atom. The van der Waals surface area contributed by atoms with Crippen molar-refractivity contribution in [3.8, 4) is 0 Å². The van der Waals surface area contributed by atoms with Crippen molar-refractivity contribution in [2.75, 3.05) is 26.3 Å². The molecule has 14 heavy (non-hydrogen) atoms. The molecule has 0 bridgehead atoms. The summed E-state index contributed by atoms with van der Waals surface area (Å²) >= 11 is 0. The van der Waals surface area contributed by atoms with E-state index in [0.29, 0.717) is 18.1 Å². The zero-order valence-corrected chi connectivity index (χ0v) is 9.00. The molecule has 2 saturated heterocycles. The van der Waals surface area contributed by atoms with Crippen LogP contribution in [-0.4, -0.2) is 38.5 Å². The van der Waals surface area contributed by atoms with Gasteiger partial charge in [0.15, 0.2) is 0 Å². The molecule has 0 spiro atoms. The summed E-state index contributed by atoms with van der Waals surface area (Å²) in [7, 11) is 0. The summed E-state index contributed by atoms with van der Waals surface area (Å²) in [6.45, 7) is 6.14. The maximum Gasteiger partial charge on any atom is 0.0809 e. The fraction of sp³-hybridized carbons (Fsp3) is 1.00. The zero-order chi connectivity index (χ0) is 9.80. The van der Waals surface area contributed by atoms with Crippen LogP contribution in [0.2, 0.25) is 0 Å². The number of nitrogens with one attached hydrogen (secondary N) is 1. The van der Waals surface area contributed by atoms with Gasteiger partial charge in [0.25, 0.3) is 0 Å². The Kier molecular flexibility index (Phi) is 3.79. The van der Waals surface area contributed by atoms with E-state index in [1.54, 1.807) is 0 Å². The normalized spacial score (nSPS) is 38.8. The molecule has 2 rings (SSSR count). The highest BCUT2D eigenvalue weighted by atomic mass is 16.5. The highest BCUT2D eigenvalue weighted by Crippen LogP contribution is 2.18. The van der Waals surface area contributed by atoms with Crippen molar-refractivity contribution in [2.24, 2.45) is 5.92 Å². The van der Waals surface area contributed by atoms with Crippen molar-refractivity contribution < 1.29 is 9.47 Å². The molecule has 0 amide bonds. The van der Waals surface area contributed by atoms with Crippen molar-refractivity contribution in [1.82, 2.24) is 5.32 Å². The summed E-state index contributed by atoms with van der Waals surface area (Å²) < 4.78 is 11.4. The fourth-order valence-corrected chi connectivity index (χ4v) is 2.19. The van der Waals surface area contributed by atoms with E-state index in [4.69, 9.17) is 9.47 Å². The molecule has 0 aromatic carbocycles. The topological polar surface area (TPSA) is 30.5 Å². The largest absolute Gasteiger partial charge is 0.376 e. The second-order valence-corrected chi connectivity index (χ2v) is 4.48. The van der Waals surface area contributed by atoms with Gasteiger partial charge in [-0.3, -0.25) is 0 Å². The highest BCUT2D eigenvalue weighted by molar-refractivity contribution is 4.76. The monoisotopic (exact) mass is 199 g/mol. The molecule has 82 valence electrons. The summed E-state index contributed by atoms with van der Waals surface area (Å²) in [4.78, 5) is 0. The van der Waals surface area contributed by atoms with Gasteiger partial charge >= 0.3 is 0 Å². The molecule has 0 aromatic rings. The maximum absolute atomic E-state index is 5.89. The first-order valence-electron chi connectivity index (χ1n) is 5.80. The Bertz CT molecular complexity index is 169. The van der Waals surface area contributed by atoms with Crippen molar-refractivity contribution in [3.05, 3.63) is 0 Å². The number of hydrogen-bond acceptors (Lipinski definition) is 3. The van der Waals surface area contributed by atoms with Crippen LogP contribution in [0.25, 0.3) is 0 Å². The first kappa shape index (κ1) is 10.4. The Hall–Kier alpha value is -0.120. The molecule has 3 atom stereocenters. The van der Waals surface area contributed by atoms with Gasteiger partial charge in [0.2, 0.25) is 0 Å². The third-order valence-electron chi connectivity index (χ3n) is 3.28. The first-order chi connectivity index (χ1) is 6.86. The number of hydrogen-bond donors (Lipinski definition) is 1. The smallest absolute Gasteiger partial charge is 0.0809 e. The van der Waals surface area contributed by atoms with Gasteiger partial charge in [-0.2, -0.15) is 0 Å². The maximum atomic E-state index is 5.89. The molecule has 0 saturated carbocycles. The predicted octanol–water partition coefficient (Wildman–Crippen LogP) is 1.18. The molecule has 0 radical (unpaired) electrons. The van der Waals surface area contributed by atoms with Crippen LogP contribution in [0.5, 0.6) is 0 Å². The minimum absolute atomic E-state index is 0.365. The summed E-state index contributed by atoms with van der Waals surface area (Å²) in [6, 6.07) is 0. The van der Waals surface area contributed by atoms with Crippen LogP contribution in [0, 0.1) is 5.92 Å². The van der Waals surface area contributed by atoms with Gasteiger partial charge in [0, 0.05) is 13.2 Å². The fourth-order valence-electron chi connectivity index (χ4n) is 2.19. The van der Waals surface area contributed by atoms with Crippen molar-refractivity contribution in [1.29, 1.82) is 0 Å². The standard InChI is InChI=1S/C11H21NO2/c1-9-4-5-12-7-11(9)14-8-10-3-2-6-13-10/h9-12H,2-8H2,1H3. The molecule has 1 N–H and O–H groups in total. The third-order valence-corrected chi connectivity index (χ3v) is 3.28.